The van der Waals surface area contributed by atoms with E-state index in [0.29, 0.717) is 12.0 Å². The van der Waals surface area contributed by atoms with Gasteiger partial charge in [-0.1, -0.05) is 32.9 Å². The van der Waals surface area contributed by atoms with Crippen LogP contribution in [0.3, 0.4) is 0 Å². The van der Waals surface area contributed by atoms with Crippen LogP contribution in [0.5, 0.6) is 0 Å². The second-order valence-corrected chi connectivity index (χ2v) is 7.25. The van der Waals surface area contributed by atoms with Gasteiger partial charge in [-0.2, -0.15) is 0 Å². The summed E-state index contributed by atoms with van der Waals surface area (Å²) in [7, 11) is 0. The molecule has 0 radical (unpaired) electrons. The van der Waals surface area contributed by atoms with Crippen molar-refractivity contribution in [2.24, 2.45) is 5.84 Å². The van der Waals surface area contributed by atoms with Gasteiger partial charge < -0.3 is 0 Å². The summed E-state index contributed by atoms with van der Waals surface area (Å²) in [5.74, 6) is 5.47. The van der Waals surface area contributed by atoms with E-state index in [-0.39, 0.29) is 17.3 Å². The largest absolute Gasteiger partial charge is 0.271 e. The molecule has 0 amide bonds. The molecule has 0 fully saturated rings. The summed E-state index contributed by atoms with van der Waals surface area (Å²) in [5, 5.41) is 3.13. The molecule has 0 spiro atoms. The zero-order valence-corrected chi connectivity index (χ0v) is 13.7. The Labute approximate surface area is 129 Å². The molecule has 114 valence electrons. The zero-order chi connectivity index (χ0) is 15.6. The van der Waals surface area contributed by atoms with Crippen LogP contribution in [0, 0.1) is 12.7 Å². The molecule has 0 aliphatic rings. The lowest BCUT2D eigenvalue weighted by atomic mass is 9.93. The molecule has 0 bridgehead atoms. The van der Waals surface area contributed by atoms with Crippen LogP contribution in [0.2, 0.25) is 0 Å². The van der Waals surface area contributed by atoms with Gasteiger partial charge >= 0.3 is 0 Å². The predicted molar refractivity (Wildman–Crippen MR) is 85.7 cm³/mol. The topological polar surface area (TPSA) is 50.9 Å². The maximum absolute atomic E-state index is 13.4. The van der Waals surface area contributed by atoms with Crippen molar-refractivity contribution in [3.8, 4) is 0 Å². The van der Waals surface area contributed by atoms with E-state index in [0.717, 1.165) is 16.3 Å². The van der Waals surface area contributed by atoms with Crippen LogP contribution in [-0.4, -0.2) is 4.98 Å². The first-order chi connectivity index (χ1) is 9.81. The van der Waals surface area contributed by atoms with Gasteiger partial charge in [-0.25, -0.2) is 9.37 Å². The molecule has 1 atom stereocenters. The van der Waals surface area contributed by atoms with E-state index in [2.05, 4.69) is 36.6 Å². The van der Waals surface area contributed by atoms with Gasteiger partial charge in [0.1, 0.15) is 5.82 Å². The Kier molecular flexibility index (Phi) is 4.76. The van der Waals surface area contributed by atoms with Crippen LogP contribution >= 0.6 is 11.3 Å². The number of halogens is 1. The van der Waals surface area contributed by atoms with E-state index in [4.69, 9.17) is 5.84 Å². The van der Waals surface area contributed by atoms with E-state index < -0.39 is 0 Å². The fourth-order valence-electron chi connectivity index (χ4n) is 2.08. The SMILES string of the molecule is Cc1cc(C(Cc2nc(C(C)(C)C)cs2)NN)ccc1F. The van der Waals surface area contributed by atoms with Crippen molar-refractivity contribution in [2.45, 2.75) is 45.6 Å². The maximum atomic E-state index is 13.4. The van der Waals surface area contributed by atoms with E-state index >= 15 is 0 Å². The molecule has 3 N–H and O–H groups in total. The first-order valence-corrected chi connectivity index (χ1v) is 7.86. The summed E-state index contributed by atoms with van der Waals surface area (Å²) >= 11 is 1.64. The number of benzene rings is 1. The highest BCUT2D eigenvalue weighted by Crippen LogP contribution is 2.27. The Bertz CT molecular complexity index is 616. The minimum Gasteiger partial charge on any atom is -0.271 e. The van der Waals surface area contributed by atoms with Crippen LogP contribution in [0.4, 0.5) is 4.39 Å². The van der Waals surface area contributed by atoms with Crippen molar-refractivity contribution in [1.82, 2.24) is 10.4 Å². The number of hydrogen-bond donors (Lipinski definition) is 2. The highest BCUT2D eigenvalue weighted by molar-refractivity contribution is 7.09. The van der Waals surface area contributed by atoms with Crippen LogP contribution in [0.1, 0.15) is 48.6 Å². The molecule has 0 saturated heterocycles. The molecule has 2 aromatic rings. The molecule has 1 aromatic carbocycles. The summed E-state index contributed by atoms with van der Waals surface area (Å²) in [6.45, 7) is 8.20. The summed E-state index contributed by atoms with van der Waals surface area (Å²) < 4.78 is 13.4. The van der Waals surface area contributed by atoms with Crippen LogP contribution in [0.25, 0.3) is 0 Å². The van der Waals surface area contributed by atoms with E-state index in [1.54, 1.807) is 24.3 Å². The van der Waals surface area contributed by atoms with E-state index in [1.165, 1.54) is 6.07 Å². The lowest BCUT2D eigenvalue weighted by molar-refractivity contribution is 0.538. The molecule has 0 aliphatic heterocycles. The van der Waals surface area contributed by atoms with Gasteiger partial charge in [-0.05, 0) is 24.1 Å². The zero-order valence-electron chi connectivity index (χ0n) is 12.9. The van der Waals surface area contributed by atoms with Gasteiger partial charge in [0.05, 0.1) is 16.7 Å². The Morgan fingerprint density at radius 1 is 1.38 bits per heavy atom. The highest BCUT2D eigenvalue weighted by Gasteiger charge is 2.19. The average molecular weight is 307 g/mol. The predicted octanol–water partition coefficient (Wildman–Crippen LogP) is 3.64. The van der Waals surface area contributed by atoms with E-state index in [1.807, 2.05) is 6.07 Å². The third-order valence-corrected chi connectivity index (χ3v) is 4.36. The Morgan fingerprint density at radius 2 is 2.10 bits per heavy atom. The normalized spacial score (nSPS) is 13.4. The second kappa shape index (κ2) is 6.22. The third-order valence-electron chi connectivity index (χ3n) is 3.48. The molecule has 5 heteroatoms. The molecule has 1 aromatic heterocycles. The number of rotatable bonds is 4. The van der Waals surface area contributed by atoms with Crippen molar-refractivity contribution in [3.63, 3.8) is 0 Å². The molecule has 2 rings (SSSR count). The number of hydrazine groups is 1. The first kappa shape index (κ1) is 16.1. The van der Waals surface area contributed by atoms with Crippen molar-refractivity contribution < 1.29 is 4.39 Å². The van der Waals surface area contributed by atoms with Gasteiger partial charge in [0.2, 0.25) is 0 Å². The van der Waals surface area contributed by atoms with Gasteiger partial charge in [0.15, 0.2) is 0 Å². The fourth-order valence-corrected chi connectivity index (χ4v) is 3.15. The second-order valence-electron chi connectivity index (χ2n) is 6.31. The van der Waals surface area contributed by atoms with Gasteiger partial charge in [-0.15, -0.1) is 11.3 Å². The lowest BCUT2D eigenvalue weighted by Crippen LogP contribution is -2.29. The smallest absolute Gasteiger partial charge is 0.126 e. The number of nitrogens with zero attached hydrogens (tertiary/aromatic N) is 1. The van der Waals surface area contributed by atoms with Crippen molar-refractivity contribution in [3.05, 3.63) is 51.2 Å². The number of hydrogen-bond acceptors (Lipinski definition) is 4. The van der Waals surface area contributed by atoms with Gasteiger partial charge in [0, 0.05) is 17.2 Å². The minimum atomic E-state index is -0.196. The molecule has 21 heavy (non-hydrogen) atoms. The molecular formula is C16H22FN3S. The molecular weight excluding hydrogens is 285 g/mol. The monoisotopic (exact) mass is 307 g/mol. The molecule has 1 unspecified atom stereocenters. The summed E-state index contributed by atoms with van der Waals surface area (Å²) in [6, 6.07) is 5.02. The van der Waals surface area contributed by atoms with Crippen LogP contribution in [0.15, 0.2) is 23.6 Å². The average Bonchev–Trinajstić information content (AvgIpc) is 2.88. The minimum absolute atomic E-state index is 0.0485. The standard InChI is InChI=1S/C16H22FN3S/c1-10-7-11(5-6-12(10)17)13(20-18)8-15-19-14(9-21-15)16(2,3)4/h5-7,9,13,20H,8,18H2,1-4H3. The number of aromatic nitrogens is 1. The number of aryl methyl sites for hydroxylation is 1. The van der Waals surface area contributed by atoms with Crippen LogP contribution < -0.4 is 11.3 Å². The number of thiazole rings is 1. The molecule has 0 aliphatic carbocycles. The molecule has 1 heterocycles. The van der Waals surface area contributed by atoms with Crippen molar-refractivity contribution >= 4 is 11.3 Å². The van der Waals surface area contributed by atoms with Crippen molar-refractivity contribution in [1.29, 1.82) is 0 Å². The summed E-state index contributed by atoms with van der Waals surface area (Å²) in [4.78, 5) is 4.68. The quantitative estimate of drug-likeness (QED) is 0.670. The van der Waals surface area contributed by atoms with Crippen LogP contribution in [-0.2, 0) is 11.8 Å². The van der Waals surface area contributed by atoms with Gasteiger partial charge in [-0.3, -0.25) is 11.3 Å². The lowest BCUT2D eigenvalue weighted by Gasteiger charge is -2.16. The first-order valence-electron chi connectivity index (χ1n) is 6.98. The van der Waals surface area contributed by atoms with Crippen molar-refractivity contribution in [2.75, 3.05) is 0 Å². The Morgan fingerprint density at radius 3 is 2.62 bits per heavy atom. The Balaban J connectivity index is 2.19. The number of nitrogens with one attached hydrogen (secondary N) is 1. The maximum Gasteiger partial charge on any atom is 0.126 e. The number of nitrogens with two attached hydrogens (primary N) is 1. The molecule has 3 nitrogen and oxygen atoms in total. The Hall–Kier alpha value is -1.30. The summed E-state index contributed by atoms with van der Waals surface area (Å²) in [5.41, 5.74) is 5.55. The third kappa shape index (κ3) is 3.87. The van der Waals surface area contributed by atoms with Gasteiger partial charge in [0.25, 0.3) is 0 Å². The van der Waals surface area contributed by atoms with E-state index in [9.17, 15) is 4.39 Å². The fraction of sp³-hybridized carbons (Fsp3) is 0.438. The summed E-state index contributed by atoms with van der Waals surface area (Å²) in [6.07, 6.45) is 0.697. The highest BCUT2D eigenvalue weighted by atomic mass is 32.1. The molecule has 0 saturated carbocycles.